The van der Waals surface area contributed by atoms with Crippen LogP contribution in [0.15, 0.2) is 30.3 Å². The third kappa shape index (κ3) is 6.74. The number of rotatable bonds is 10. The second kappa shape index (κ2) is 9.99. The molecule has 1 aromatic carbocycles. The van der Waals surface area contributed by atoms with Gasteiger partial charge in [-0.05, 0) is 31.4 Å². The smallest absolute Gasteiger partial charge is 0.0549 e. The van der Waals surface area contributed by atoms with Crippen molar-refractivity contribution in [1.29, 1.82) is 0 Å². The Bertz CT molecular complexity index is 312. The Kier molecular flexibility index (Phi) is 8.52. The molecule has 0 aliphatic heterocycles. The summed E-state index contributed by atoms with van der Waals surface area (Å²) < 4.78 is 0. The lowest BCUT2D eigenvalue weighted by atomic mass is 10.00. The molecule has 2 atom stereocenters. The van der Waals surface area contributed by atoms with Gasteiger partial charge in [-0.25, -0.2) is 0 Å². The van der Waals surface area contributed by atoms with Crippen LogP contribution >= 0.6 is 0 Å². The number of hydrogen-bond acceptors (Lipinski definition) is 2. The zero-order chi connectivity index (χ0) is 13.9. The summed E-state index contributed by atoms with van der Waals surface area (Å²) in [6, 6.07) is 11.1. The first kappa shape index (κ1) is 16.2. The minimum absolute atomic E-state index is 0.167. The molecule has 0 fully saturated rings. The number of hydrogen-bond donors (Lipinski definition) is 2. The fourth-order valence-electron chi connectivity index (χ4n) is 2.30. The summed E-state index contributed by atoms with van der Waals surface area (Å²) in [6.07, 6.45) is 6.51. The molecule has 0 saturated carbocycles. The molecule has 0 radical (unpaired) electrons. The van der Waals surface area contributed by atoms with Crippen molar-refractivity contribution in [2.75, 3.05) is 6.54 Å². The topological polar surface area (TPSA) is 32.3 Å². The van der Waals surface area contributed by atoms with Crippen LogP contribution in [0.3, 0.4) is 0 Å². The first-order valence-electron chi connectivity index (χ1n) is 7.74. The lowest BCUT2D eigenvalue weighted by Crippen LogP contribution is -2.25. The monoisotopic (exact) mass is 263 g/mol. The maximum Gasteiger partial charge on any atom is 0.0549 e. The number of nitrogens with one attached hydrogen (secondary N) is 1. The Hall–Kier alpha value is -0.860. The molecule has 19 heavy (non-hydrogen) atoms. The van der Waals surface area contributed by atoms with Gasteiger partial charge in [0.2, 0.25) is 0 Å². The highest BCUT2D eigenvalue weighted by molar-refractivity contribution is 5.18. The Morgan fingerprint density at radius 3 is 2.42 bits per heavy atom. The van der Waals surface area contributed by atoms with Gasteiger partial charge in [-0.2, -0.15) is 0 Å². The maximum atomic E-state index is 9.62. The molecule has 2 N–H and O–H groups in total. The lowest BCUT2D eigenvalue weighted by molar-refractivity contribution is 0.158. The fourth-order valence-corrected chi connectivity index (χ4v) is 2.30. The summed E-state index contributed by atoms with van der Waals surface area (Å²) >= 11 is 0. The number of aliphatic hydroxyl groups excluding tert-OH is 1. The van der Waals surface area contributed by atoms with Crippen molar-refractivity contribution < 1.29 is 5.11 Å². The van der Waals surface area contributed by atoms with Gasteiger partial charge in [0.25, 0.3) is 0 Å². The Labute approximate surface area is 118 Å². The molecule has 2 nitrogen and oxygen atoms in total. The van der Waals surface area contributed by atoms with Crippen LogP contribution in [-0.2, 0) is 0 Å². The fraction of sp³-hybridized carbons (Fsp3) is 0.647. The molecule has 1 aromatic rings. The quantitative estimate of drug-likeness (QED) is 0.624. The van der Waals surface area contributed by atoms with Crippen LogP contribution < -0.4 is 5.32 Å². The highest BCUT2D eigenvalue weighted by atomic mass is 16.3. The summed E-state index contributed by atoms with van der Waals surface area (Å²) in [7, 11) is 0. The Morgan fingerprint density at radius 2 is 1.79 bits per heavy atom. The first-order valence-corrected chi connectivity index (χ1v) is 7.74. The van der Waals surface area contributed by atoms with Crippen molar-refractivity contribution in [1.82, 2.24) is 5.32 Å². The predicted octanol–water partition coefficient (Wildman–Crippen LogP) is 4.06. The second-order valence-corrected chi connectivity index (χ2v) is 5.26. The van der Waals surface area contributed by atoms with Gasteiger partial charge in [-0.15, -0.1) is 0 Å². The van der Waals surface area contributed by atoms with Crippen molar-refractivity contribution in [2.45, 2.75) is 64.5 Å². The number of benzene rings is 1. The molecule has 2 unspecified atom stereocenters. The van der Waals surface area contributed by atoms with E-state index in [-0.39, 0.29) is 6.10 Å². The molecule has 108 valence electrons. The molecular formula is C17H29NO. The van der Waals surface area contributed by atoms with Gasteiger partial charge < -0.3 is 10.4 Å². The highest BCUT2D eigenvalue weighted by Crippen LogP contribution is 2.19. The molecule has 0 amide bonds. The van der Waals surface area contributed by atoms with Gasteiger partial charge in [0, 0.05) is 6.04 Å². The van der Waals surface area contributed by atoms with E-state index in [1.54, 1.807) is 0 Å². The molecule has 0 bridgehead atoms. The summed E-state index contributed by atoms with van der Waals surface area (Å²) in [5.74, 6) is 0. The molecule has 2 heteroatoms. The summed E-state index contributed by atoms with van der Waals surface area (Å²) in [5.41, 5.74) is 1.37. The molecule has 0 aliphatic rings. The van der Waals surface area contributed by atoms with Crippen LogP contribution in [0.4, 0.5) is 0 Å². The SMILES string of the molecule is CCCCCC(NCCC(O)CC)c1ccccc1. The summed E-state index contributed by atoms with van der Waals surface area (Å²) in [5, 5.41) is 13.2. The molecule has 0 spiro atoms. The standard InChI is InChI=1S/C17H29NO/c1-3-5-7-12-17(15-10-8-6-9-11-15)18-14-13-16(19)4-2/h6,8-11,16-19H,3-5,7,12-14H2,1-2H3. The molecule has 0 aliphatic carbocycles. The van der Waals surface area contributed by atoms with Crippen molar-refractivity contribution >= 4 is 0 Å². The Balaban J connectivity index is 2.45. The third-order valence-corrected chi connectivity index (χ3v) is 3.64. The van der Waals surface area contributed by atoms with Gasteiger partial charge >= 0.3 is 0 Å². The zero-order valence-corrected chi connectivity index (χ0v) is 12.4. The Morgan fingerprint density at radius 1 is 1.05 bits per heavy atom. The van der Waals surface area contributed by atoms with Gasteiger partial charge in [0.05, 0.1) is 6.10 Å². The van der Waals surface area contributed by atoms with E-state index < -0.39 is 0 Å². The van der Waals surface area contributed by atoms with Crippen LogP contribution in [0, 0.1) is 0 Å². The average Bonchev–Trinajstić information content (AvgIpc) is 2.46. The normalized spacial score (nSPS) is 14.3. The van der Waals surface area contributed by atoms with E-state index in [9.17, 15) is 5.11 Å². The summed E-state index contributed by atoms with van der Waals surface area (Å²) in [4.78, 5) is 0. The third-order valence-electron chi connectivity index (χ3n) is 3.64. The zero-order valence-electron chi connectivity index (χ0n) is 12.4. The van der Waals surface area contributed by atoms with Gasteiger partial charge in [-0.3, -0.25) is 0 Å². The van der Waals surface area contributed by atoms with E-state index >= 15 is 0 Å². The van der Waals surface area contributed by atoms with Crippen LogP contribution in [0.2, 0.25) is 0 Å². The number of unbranched alkanes of at least 4 members (excludes halogenated alkanes) is 2. The van der Waals surface area contributed by atoms with E-state index in [1.807, 2.05) is 6.92 Å². The van der Waals surface area contributed by atoms with E-state index in [2.05, 4.69) is 42.6 Å². The van der Waals surface area contributed by atoms with Crippen molar-refractivity contribution in [3.8, 4) is 0 Å². The largest absolute Gasteiger partial charge is 0.393 e. The first-order chi connectivity index (χ1) is 9.27. The lowest BCUT2D eigenvalue weighted by Gasteiger charge is -2.20. The maximum absolute atomic E-state index is 9.62. The van der Waals surface area contributed by atoms with Crippen molar-refractivity contribution in [2.24, 2.45) is 0 Å². The van der Waals surface area contributed by atoms with Crippen LogP contribution in [-0.4, -0.2) is 17.8 Å². The van der Waals surface area contributed by atoms with Crippen LogP contribution in [0.25, 0.3) is 0 Å². The van der Waals surface area contributed by atoms with Gasteiger partial charge in [-0.1, -0.05) is 63.4 Å². The van der Waals surface area contributed by atoms with Gasteiger partial charge in [0.1, 0.15) is 0 Å². The average molecular weight is 263 g/mol. The second-order valence-electron chi connectivity index (χ2n) is 5.26. The van der Waals surface area contributed by atoms with Crippen molar-refractivity contribution in [3.05, 3.63) is 35.9 Å². The van der Waals surface area contributed by atoms with Crippen molar-refractivity contribution in [3.63, 3.8) is 0 Å². The van der Waals surface area contributed by atoms with E-state index in [0.717, 1.165) is 19.4 Å². The molecule has 0 heterocycles. The van der Waals surface area contributed by atoms with Crippen LogP contribution in [0.5, 0.6) is 0 Å². The molecular weight excluding hydrogens is 234 g/mol. The minimum Gasteiger partial charge on any atom is -0.393 e. The van der Waals surface area contributed by atoms with E-state index in [0.29, 0.717) is 6.04 Å². The minimum atomic E-state index is -0.167. The van der Waals surface area contributed by atoms with E-state index in [4.69, 9.17) is 0 Å². The number of aliphatic hydroxyl groups is 1. The van der Waals surface area contributed by atoms with E-state index in [1.165, 1.54) is 31.2 Å². The molecule has 0 saturated heterocycles. The van der Waals surface area contributed by atoms with Crippen LogP contribution in [0.1, 0.15) is 64.0 Å². The van der Waals surface area contributed by atoms with Gasteiger partial charge in [0.15, 0.2) is 0 Å². The highest BCUT2D eigenvalue weighted by Gasteiger charge is 2.10. The predicted molar refractivity (Wildman–Crippen MR) is 82.2 cm³/mol. The summed E-state index contributed by atoms with van der Waals surface area (Å²) in [6.45, 7) is 5.16. The molecule has 1 rings (SSSR count). The molecule has 0 aromatic heterocycles.